The summed E-state index contributed by atoms with van der Waals surface area (Å²) < 4.78 is 0. The second kappa shape index (κ2) is 11.1. The van der Waals surface area contributed by atoms with Crippen molar-refractivity contribution in [3.8, 4) is 0 Å². The number of likely N-dealkylation sites (tertiary alicyclic amines) is 1. The Kier molecular flexibility index (Phi) is 8.32. The van der Waals surface area contributed by atoms with Gasteiger partial charge in [-0.1, -0.05) is 60.1 Å². The molecule has 3 N–H and O–H groups in total. The van der Waals surface area contributed by atoms with Gasteiger partial charge in [0.25, 0.3) is 0 Å². The van der Waals surface area contributed by atoms with E-state index in [0.717, 1.165) is 32.5 Å². The zero-order valence-corrected chi connectivity index (χ0v) is 22.7. The van der Waals surface area contributed by atoms with E-state index < -0.39 is 40.8 Å². The molecule has 0 aromatic heterocycles. The molecule has 4 rings (SSSR count). The molecule has 0 aliphatic carbocycles. The van der Waals surface area contributed by atoms with E-state index in [1.807, 2.05) is 26.0 Å². The number of piperidine rings is 2. The van der Waals surface area contributed by atoms with Gasteiger partial charge in [0.1, 0.15) is 0 Å². The Morgan fingerprint density at radius 3 is 2.19 bits per heavy atom. The number of aliphatic carboxylic acids is 2. The highest BCUT2D eigenvalue weighted by atomic mass is 35.5. The van der Waals surface area contributed by atoms with Gasteiger partial charge in [-0.05, 0) is 89.2 Å². The largest absolute Gasteiger partial charge is 0.481 e. The van der Waals surface area contributed by atoms with E-state index in [4.69, 9.17) is 11.6 Å². The molecular weight excluding hydrogens is 488 g/mol. The van der Waals surface area contributed by atoms with Crippen molar-refractivity contribution in [2.24, 2.45) is 10.8 Å². The molecule has 2 aromatic carbocycles. The minimum atomic E-state index is -1.36. The first-order valence-electron chi connectivity index (χ1n) is 13.4. The number of carbonyl (C=O) groups is 2. The van der Waals surface area contributed by atoms with Gasteiger partial charge < -0.3 is 20.4 Å². The van der Waals surface area contributed by atoms with Crippen molar-refractivity contribution in [3.05, 3.63) is 70.7 Å². The Labute approximate surface area is 225 Å². The van der Waals surface area contributed by atoms with Crippen LogP contribution in [0.3, 0.4) is 0 Å². The smallest absolute Gasteiger partial charge is 0.311 e. The highest BCUT2D eigenvalue weighted by Crippen LogP contribution is 2.58. The third-order valence-corrected chi connectivity index (χ3v) is 9.63. The van der Waals surface area contributed by atoms with Crippen LogP contribution in [0.2, 0.25) is 5.02 Å². The summed E-state index contributed by atoms with van der Waals surface area (Å²) in [5, 5.41) is 25.0. The lowest BCUT2D eigenvalue weighted by Gasteiger charge is -2.56. The Morgan fingerprint density at radius 2 is 1.59 bits per heavy atom. The predicted octanol–water partition coefficient (Wildman–Crippen LogP) is 5.63. The molecule has 7 heteroatoms. The summed E-state index contributed by atoms with van der Waals surface area (Å²) in [6, 6.07) is 16.9. The summed E-state index contributed by atoms with van der Waals surface area (Å²) in [4.78, 5) is 28.4. The van der Waals surface area contributed by atoms with E-state index in [0.29, 0.717) is 29.3 Å². The fourth-order valence-electron chi connectivity index (χ4n) is 6.94. The van der Waals surface area contributed by atoms with E-state index in [-0.39, 0.29) is 0 Å². The fourth-order valence-corrected chi connectivity index (χ4v) is 7.18. The average Bonchev–Trinajstić information content (AvgIpc) is 2.88. The lowest BCUT2D eigenvalue weighted by atomic mass is 9.51. The van der Waals surface area contributed by atoms with Gasteiger partial charge in [0.2, 0.25) is 0 Å². The molecule has 5 unspecified atom stereocenters. The lowest BCUT2D eigenvalue weighted by Crippen LogP contribution is -2.68. The average molecular weight is 527 g/mol. The molecule has 2 aliphatic rings. The zero-order valence-electron chi connectivity index (χ0n) is 22.0. The Bertz CT molecular complexity index is 1100. The van der Waals surface area contributed by atoms with Crippen LogP contribution in [0.4, 0.5) is 0 Å². The number of nitrogens with zero attached hydrogens (tertiary/aromatic N) is 1. The van der Waals surface area contributed by atoms with E-state index in [1.165, 1.54) is 5.56 Å². The predicted molar refractivity (Wildman–Crippen MR) is 146 cm³/mol. The maximum atomic E-state index is 13.2. The molecule has 5 atom stereocenters. The SMILES string of the molecule is CC1NC(C)C(CCCN2CCC(c3ccccc3)CC2)(C(=O)O)C(c2ccccc2Cl)C1(C)C(=O)O. The molecule has 6 nitrogen and oxygen atoms in total. The summed E-state index contributed by atoms with van der Waals surface area (Å²) in [6.45, 7) is 8.12. The lowest BCUT2D eigenvalue weighted by molar-refractivity contribution is -0.171. The van der Waals surface area contributed by atoms with Crippen LogP contribution in [0.1, 0.15) is 69.4 Å². The molecule has 0 saturated carbocycles. The number of nitrogens with one attached hydrogen (secondary N) is 1. The molecule has 37 heavy (non-hydrogen) atoms. The molecule has 2 saturated heterocycles. The van der Waals surface area contributed by atoms with Crippen LogP contribution in [0, 0.1) is 10.8 Å². The topological polar surface area (TPSA) is 89.9 Å². The number of hydrogen-bond acceptors (Lipinski definition) is 4. The molecule has 2 fully saturated rings. The molecular formula is C30H39ClN2O4. The van der Waals surface area contributed by atoms with Crippen molar-refractivity contribution in [3.63, 3.8) is 0 Å². The van der Waals surface area contributed by atoms with Gasteiger partial charge in [-0.2, -0.15) is 0 Å². The van der Waals surface area contributed by atoms with Gasteiger partial charge >= 0.3 is 11.9 Å². The molecule has 0 bridgehead atoms. The van der Waals surface area contributed by atoms with Crippen molar-refractivity contribution in [2.45, 2.75) is 70.4 Å². The van der Waals surface area contributed by atoms with Crippen molar-refractivity contribution in [1.82, 2.24) is 10.2 Å². The van der Waals surface area contributed by atoms with E-state index in [1.54, 1.807) is 25.1 Å². The summed E-state index contributed by atoms with van der Waals surface area (Å²) in [7, 11) is 0. The number of carboxylic acid groups (broad SMARTS) is 2. The van der Waals surface area contributed by atoms with Gasteiger partial charge in [0.05, 0.1) is 10.8 Å². The Balaban J connectivity index is 1.57. The third-order valence-electron chi connectivity index (χ3n) is 9.29. The summed E-state index contributed by atoms with van der Waals surface area (Å²) in [5.41, 5.74) is -0.698. The molecule has 0 spiro atoms. The monoisotopic (exact) mass is 526 g/mol. The first kappa shape index (κ1) is 27.6. The molecule has 2 aromatic rings. The van der Waals surface area contributed by atoms with Crippen molar-refractivity contribution in [2.75, 3.05) is 19.6 Å². The summed E-state index contributed by atoms with van der Waals surface area (Å²) in [5.74, 6) is -2.22. The van der Waals surface area contributed by atoms with E-state index in [2.05, 4.69) is 34.5 Å². The highest BCUT2D eigenvalue weighted by molar-refractivity contribution is 6.31. The number of rotatable bonds is 8. The third kappa shape index (κ3) is 5.04. The maximum Gasteiger partial charge on any atom is 0.311 e. The Morgan fingerprint density at radius 1 is 0.973 bits per heavy atom. The van der Waals surface area contributed by atoms with Crippen LogP contribution < -0.4 is 5.32 Å². The highest BCUT2D eigenvalue weighted by Gasteiger charge is 2.65. The molecule has 200 valence electrons. The van der Waals surface area contributed by atoms with Crippen LogP contribution in [0.5, 0.6) is 0 Å². The minimum Gasteiger partial charge on any atom is -0.481 e. The van der Waals surface area contributed by atoms with Crippen LogP contribution in [0.25, 0.3) is 0 Å². The van der Waals surface area contributed by atoms with Crippen LogP contribution in [-0.2, 0) is 9.59 Å². The normalized spacial score (nSPS) is 31.2. The standard InChI is InChI=1S/C30H39ClN2O4/c1-20-29(3,27(34)35)26(24-12-7-8-13-25(24)31)30(28(36)37,21(2)32-20)16-9-17-33-18-14-23(15-19-33)22-10-5-4-6-11-22/h4-8,10-13,20-21,23,26,32H,9,14-19H2,1-3H3,(H,34,35)(H,36,37). The number of carboxylic acids is 2. The van der Waals surface area contributed by atoms with Gasteiger partial charge in [0, 0.05) is 23.0 Å². The number of hydrogen-bond donors (Lipinski definition) is 3. The van der Waals surface area contributed by atoms with Crippen LogP contribution in [0.15, 0.2) is 54.6 Å². The molecule has 0 amide bonds. The summed E-state index contributed by atoms with van der Waals surface area (Å²) in [6.07, 6.45) is 3.20. The fraction of sp³-hybridized carbons (Fsp3) is 0.533. The summed E-state index contributed by atoms with van der Waals surface area (Å²) >= 11 is 6.62. The first-order valence-corrected chi connectivity index (χ1v) is 13.7. The maximum absolute atomic E-state index is 13.2. The van der Waals surface area contributed by atoms with E-state index >= 15 is 0 Å². The zero-order chi connectivity index (χ0) is 26.8. The van der Waals surface area contributed by atoms with E-state index in [9.17, 15) is 19.8 Å². The van der Waals surface area contributed by atoms with Gasteiger partial charge in [-0.3, -0.25) is 9.59 Å². The van der Waals surface area contributed by atoms with Crippen molar-refractivity contribution >= 4 is 23.5 Å². The number of benzene rings is 2. The van der Waals surface area contributed by atoms with Crippen molar-refractivity contribution in [1.29, 1.82) is 0 Å². The van der Waals surface area contributed by atoms with Crippen molar-refractivity contribution < 1.29 is 19.8 Å². The van der Waals surface area contributed by atoms with Gasteiger partial charge in [0.15, 0.2) is 0 Å². The second-order valence-corrected chi connectivity index (χ2v) is 11.5. The van der Waals surface area contributed by atoms with Gasteiger partial charge in [-0.15, -0.1) is 0 Å². The molecule has 2 aliphatic heterocycles. The quantitative estimate of drug-likeness (QED) is 0.413. The van der Waals surface area contributed by atoms with Crippen LogP contribution >= 0.6 is 11.6 Å². The second-order valence-electron chi connectivity index (χ2n) is 11.1. The van der Waals surface area contributed by atoms with Crippen LogP contribution in [-0.4, -0.2) is 58.8 Å². The molecule has 0 radical (unpaired) electrons. The first-order chi connectivity index (χ1) is 17.6. The Hall–Kier alpha value is -2.41. The van der Waals surface area contributed by atoms with Gasteiger partial charge in [-0.25, -0.2) is 0 Å². The minimum absolute atomic E-state index is 0.362. The molecule has 2 heterocycles. The number of halogens is 1.